The molecule has 1 aromatic rings. The number of aromatic nitrogens is 1. The van der Waals surface area contributed by atoms with Crippen LogP contribution in [0.2, 0.25) is 0 Å². The molecule has 2 fully saturated rings. The number of nitrogens with zero attached hydrogens (tertiary/aromatic N) is 2. The highest BCUT2D eigenvalue weighted by Gasteiger charge is 2.50. The van der Waals surface area contributed by atoms with Gasteiger partial charge in [0, 0.05) is 25.3 Å². The average molecular weight is 339 g/mol. The van der Waals surface area contributed by atoms with E-state index in [4.69, 9.17) is 4.74 Å². The summed E-state index contributed by atoms with van der Waals surface area (Å²) < 4.78 is 30.4. The number of carbonyl (C=O) groups excluding carboxylic acids is 1. The Morgan fingerprint density at radius 3 is 2.87 bits per heavy atom. The molecule has 1 spiro atoms. The second kappa shape index (κ2) is 5.76. The van der Waals surface area contributed by atoms with Gasteiger partial charge in [0.2, 0.25) is 10.0 Å². The fraction of sp³-hybridized carbons (Fsp3) is 0.600. The van der Waals surface area contributed by atoms with Crippen LogP contribution in [0.3, 0.4) is 0 Å². The highest BCUT2D eigenvalue weighted by Crippen LogP contribution is 2.48. The summed E-state index contributed by atoms with van der Waals surface area (Å²) in [4.78, 5) is 18.5. The number of nitrogens with one attached hydrogen (secondary N) is 1. The van der Waals surface area contributed by atoms with Crippen LogP contribution in [0, 0.1) is 5.41 Å². The molecule has 1 amide bonds. The molecule has 1 aliphatic heterocycles. The molecule has 1 saturated carbocycles. The summed E-state index contributed by atoms with van der Waals surface area (Å²) >= 11 is 0. The van der Waals surface area contributed by atoms with Gasteiger partial charge in [-0.05, 0) is 30.7 Å². The molecule has 0 unspecified atom stereocenters. The lowest BCUT2D eigenvalue weighted by Gasteiger charge is -2.45. The van der Waals surface area contributed by atoms with E-state index in [9.17, 15) is 13.2 Å². The van der Waals surface area contributed by atoms with E-state index >= 15 is 0 Å². The van der Waals surface area contributed by atoms with Gasteiger partial charge >= 0.3 is 0 Å². The summed E-state index contributed by atoms with van der Waals surface area (Å²) in [5.41, 5.74) is 0.572. The molecule has 8 heteroatoms. The van der Waals surface area contributed by atoms with Crippen LogP contribution in [0.15, 0.2) is 18.5 Å². The zero-order chi connectivity index (χ0) is 16.7. The molecule has 2 aliphatic rings. The van der Waals surface area contributed by atoms with Gasteiger partial charge in [-0.3, -0.25) is 9.78 Å². The van der Waals surface area contributed by atoms with Crippen LogP contribution in [-0.2, 0) is 10.0 Å². The Hall–Kier alpha value is -1.67. The van der Waals surface area contributed by atoms with E-state index in [-0.39, 0.29) is 17.4 Å². The van der Waals surface area contributed by atoms with Gasteiger partial charge in [-0.1, -0.05) is 0 Å². The third-order valence-corrected chi connectivity index (χ3v) is 5.46. The minimum atomic E-state index is -3.17. The van der Waals surface area contributed by atoms with Crippen LogP contribution in [-0.4, -0.2) is 56.7 Å². The molecule has 7 nitrogen and oxygen atoms in total. The molecule has 1 aromatic heterocycles. The van der Waals surface area contributed by atoms with Gasteiger partial charge in [-0.15, -0.1) is 0 Å². The van der Waals surface area contributed by atoms with Gasteiger partial charge in [0.05, 0.1) is 25.1 Å². The van der Waals surface area contributed by atoms with Crippen molar-refractivity contribution in [1.82, 2.24) is 14.6 Å². The van der Waals surface area contributed by atoms with Crippen LogP contribution in [0.5, 0.6) is 5.75 Å². The molecule has 0 radical (unpaired) electrons. The number of hydrogen-bond acceptors (Lipinski definition) is 5. The van der Waals surface area contributed by atoms with Crippen molar-refractivity contribution >= 4 is 15.9 Å². The summed E-state index contributed by atoms with van der Waals surface area (Å²) in [6, 6.07) is 1.66. The number of rotatable bonds is 4. The standard InChI is InChI=1S/C15H21N3O4S/c1-22-13-9-16-5-3-12(13)14(19)18-6-4-15(10-18)7-11(8-15)17-23(2,20)21/h3,5,9,11,17H,4,6-8,10H2,1-2H3. The Bertz CT molecular complexity index is 713. The first-order valence-corrected chi connectivity index (χ1v) is 9.46. The van der Waals surface area contributed by atoms with E-state index in [1.165, 1.54) is 19.6 Å². The van der Waals surface area contributed by atoms with Crippen molar-refractivity contribution in [2.75, 3.05) is 26.5 Å². The number of hydrogen-bond donors (Lipinski definition) is 1. The van der Waals surface area contributed by atoms with E-state index in [0.717, 1.165) is 19.3 Å². The fourth-order valence-corrected chi connectivity index (χ4v) is 4.48. The van der Waals surface area contributed by atoms with Crippen molar-refractivity contribution in [3.05, 3.63) is 24.0 Å². The molecular formula is C15H21N3O4S. The van der Waals surface area contributed by atoms with Crippen LogP contribution in [0.1, 0.15) is 29.6 Å². The van der Waals surface area contributed by atoms with Gasteiger partial charge in [-0.25, -0.2) is 13.1 Å². The SMILES string of the molecule is COc1cnccc1C(=O)N1CCC2(CC(NS(C)(=O)=O)C2)C1. The summed E-state index contributed by atoms with van der Waals surface area (Å²) in [5, 5.41) is 0. The van der Waals surface area contributed by atoms with Crippen molar-refractivity contribution in [3.63, 3.8) is 0 Å². The maximum atomic E-state index is 12.7. The molecule has 0 atom stereocenters. The quantitative estimate of drug-likeness (QED) is 0.869. The minimum absolute atomic E-state index is 0.00415. The molecule has 126 valence electrons. The maximum absolute atomic E-state index is 12.7. The van der Waals surface area contributed by atoms with Crippen molar-refractivity contribution in [2.45, 2.75) is 25.3 Å². The molecule has 0 bridgehead atoms. The van der Waals surface area contributed by atoms with Gasteiger partial charge < -0.3 is 9.64 Å². The number of ether oxygens (including phenoxy) is 1. The smallest absolute Gasteiger partial charge is 0.257 e. The Morgan fingerprint density at radius 2 is 2.22 bits per heavy atom. The third kappa shape index (κ3) is 3.32. The highest BCUT2D eigenvalue weighted by atomic mass is 32.2. The predicted octanol–water partition coefficient (Wildman–Crippen LogP) is 0.634. The van der Waals surface area contributed by atoms with Crippen LogP contribution >= 0.6 is 0 Å². The van der Waals surface area contributed by atoms with E-state index in [1.807, 2.05) is 4.90 Å². The third-order valence-electron chi connectivity index (χ3n) is 4.70. The summed E-state index contributed by atoms with van der Waals surface area (Å²) in [7, 11) is -1.65. The zero-order valence-corrected chi connectivity index (χ0v) is 14.1. The molecule has 23 heavy (non-hydrogen) atoms. The number of pyridine rings is 1. The number of likely N-dealkylation sites (tertiary alicyclic amines) is 1. The fourth-order valence-electron chi connectivity index (χ4n) is 3.70. The molecule has 1 saturated heterocycles. The lowest BCUT2D eigenvalue weighted by Crippen LogP contribution is -2.51. The van der Waals surface area contributed by atoms with Crippen molar-refractivity contribution in [3.8, 4) is 5.75 Å². The second-order valence-corrected chi connectivity index (χ2v) is 8.33. The largest absolute Gasteiger partial charge is 0.494 e. The van der Waals surface area contributed by atoms with Crippen LogP contribution in [0.25, 0.3) is 0 Å². The van der Waals surface area contributed by atoms with E-state index in [0.29, 0.717) is 24.4 Å². The topological polar surface area (TPSA) is 88.6 Å². The number of sulfonamides is 1. The maximum Gasteiger partial charge on any atom is 0.257 e. The van der Waals surface area contributed by atoms with Crippen molar-refractivity contribution < 1.29 is 17.9 Å². The number of methoxy groups -OCH3 is 1. The number of carbonyl (C=O) groups is 1. The van der Waals surface area contributed by atoms with Gasteiger partial charge in [0.25, 0.3) is 5.91 Å². The van der Waals surface area contributed by atoms with Gasteiger partial charge in [0.1, 0.15) is 5.75 Å². The molecule has 1 N–H and O–H groups in total. The molecular weight excluding hydrogens is 318 g/mol. The summed E-state index contributed by atoms with van der Waals surface area (Å²) in [5.74, 6) is 0.421. The number of amides is 1. The first-order valence-electron chi connectivity index (χ1n) is 7.56. The molecule has 1 aliphatic carbocycles. The first kappa shape index (κ1) is 16.2. The average Bonchev–Trinajstić information content (AvgIpc) is 2.90. The van der Waals surface area contributed by atoms with E-state index in [1.54, 1.807) is 12.3 Å². The van der Waals surface area contributed by atoms with Crippen molar-refractivity contribution in [1.29, 1.82) is 0 Å². The Labute approximate surface area is 136 Å². The van der Waals surface area contributed by atoms with Crippen LogP contribution < -0.4 is 9.46 Å². The van der Waals surface area contributed by atoms with Gasteiger partial charge in [-0.2, -0.15) is 0 Å². The van der Waals surface area contributed by atoms with Gasteiger partial charge in [0.15, 0.2) is 0 Å². The Kier molecular flexibility index (Phi) is 4.05. The lowest BCUT2D eigenvalue weighted by atomic mass is 9.65. The first-order chi connectivity index (χ1) is 10.8. The zero-order valence-electron chi connectivity index (χ0n) is 13.3. The molecule has 3 rings (SSSR count). The normalized spacial score (nSPS) is 27.0. The summed E-state index contributed by atoms with van der Waals surface area (Å²) in [6.45, 7) is 1.36. The second-order valence-electron chi connectivity index (χ2n) is 6.55. The predicted molar refractivity (Wildman–Crippen MR) is 84.7 cm³/mol. The lowest BCUT2D eigenvalue weighted by molar-refractivity contribution is 0.0685. The molecule has 0 aromatic carbocycles. The summed E-state index contributed by atoms with van der Waals surface area (Å²) in [6.07, 6.45) is 6.78. The van der Waals surface area contributed by atoms with E-state index < -0.39 is 10.0 Å². The molecule has 2 heterocycles. The Morgan fingerprint density at radius 1 is 1.48 bits per heavy atom. The Balaban J connectivity index is 1.64. The van der Waals surface area contributed by atoms with E-state index in [2.05, 4.69) is 9.71 Å². The van der Waals surface area contributed by atoms with Crippen LogP contribution in [0.4, 0.5) is 0 Å². The highest BCUT2D eigenvalue weighted by molar-refractivity contribution is 7.88. The van der Waals surface area contributed by atoms with Crippen molar-refractivity contribution in [2.24, 2.45) is 5.41 Å². The monoisotopic (exact) mass is 339 g/mol. The minimum Gasteiger partial charge on any atom is -0.494 e.